The molecule has 1 saturated heterocycles. The molecule has 2 N–H and O–H groups in total. The van der Waals surface area contributed by atoms with Crippen molar-refractivity contribution in [2.24, 2.45) is 11.8 Å². The van der Waals surface area contributed by atoms with Gasteiger partial charge >= 0.3 is 12.1 Å². The summed E-state index contributed by atoms with van der Waals surface area (Å²) >= 11 is 0. The molecule has 1 unspecified atom stereocenters. The number of carbonyl (C=O) groups excluding carboxylic acids is 2. The van der Waals surface area contributed by atoms with Gasteiger partial charge in [0.2, 0.25) is 5.91 Å². The number of ether oxygens (including phenoxy) is 1. The van der Waals surface area contributed by atoms with Gasteiger partial charge in [-0.05, 0) is 40.5 Å². The highest BCUT2D eigenvalue weighted by atomic mass is 16.5. The highest BCUT2D eigenvalue weighted by molar-refractivity contribution is 5.86. The molecule has 0 aromatic heterocycles. The number of carboxylic acids is 1. The predicted octanol–water partition coefficient (Wildman–Crippen LogP) is 3.87. The number of carbonyl (C=O) groups is 3. The molecule has 2 aliphatic rings. The van der Waals surface area contributed by atoms with Gasteiger partial charge in [-0.3, -0.25) is 9.59 Å². The molecular weight excluding hydrogens is 420 g/mol. The van der Waals surface area contributed by atoms with Gasteiger partial charge in [0.05, 0.1) is 0 Å². The first kappa shape index (κ1) is 22.8. The maximum Gasteiger partial charge on any atom is 0.407 e. The number of rotatable bonds is 7. The van der Waals surface area contributed by atoms with Crippen molar-refractivity contribution in [3.8, 4) is 11.1 Å². The largest absolute Gasteiger partial charge is 0.481 e. The molecule has 2 aromatic rings. The van der Waals surface area contributed by atoms with Crippen LogP contribution in [0.1, 0.15) is 43.7 Å². The van der Waals surface area contributed by atoms with Crippen molar-refractivity contribution in [3.63, 3.8) is 0 Å². The number of hydrogen-bond acceptors (Lipinski definition) is 4. The number of benzene rings is 2. The van der Waals surface area contributed by atoms with Gasteiger partial charge in [-0.15, -0.1) is 0 Å². The Bertz CT molecular complexity index is 1000. The number of carboxylic acid groups (broad SMARTS) is 1. The SMILES string of the molecule is CC(C)[C@H](NC(=O)OCC1c2ccccc2-c2ccccc21)C(=O)N1CCC(CC(=O)O)C1. The lowest BCUT2D eigenvalue weighted by Gasteiger charge is -2.27. The van der Waals surface area contributed by atoms with Crippen molar-refractivity contribution in [2.45, 2.75) is 38.6 Å². The Labute approximate surface area is 193 Å². The van der Waals surface area contributed by atoms with E-state index in [1.54, 1.807) is 4.90 Å². The third-order valence-corrected chi connectivity index (χ3v) is 6.61. The van der Waals surface area contributed by atoms with Crippen LogP contribution >= 0.6 is 0 Å². The summed E-state index contributed by atoms with van der Waals surface area (Å²) in [5.74, 6) is -1.27. The number of amides is 2. The summed E-state index contributed by atoms with van der Waals surface area (Å²) in [5.41, 5.74) is 4.57. The molecule has 4 rings (SSSR count). The maximum absolute atomic E-state index is 13.0. The number of likely N-dealkylation sites (tertiary alicyclic amines) is 1. The molecule has 2 amide bonds. The van der Waals surface area contributed by atoms with E-state index in [-0.39, 0.29) is 36.7 Å². The normalized spacial score (nSPS) is 18.0. The third kappa shape index (κ3) is 4.87. The highest BCUT2D eigenvalue weighted by Gasteiger charge is 2.35. The zero-order chi connectivity index (χ0) is 23.5. The average Bonchev–Trinajstić information content (AvgIpc) is 3.37. The van der Waals surface area contributed by atoms with Gasteiger partial charge in [-0.25, -0.2) is 4.79 Å². The minimum atomic E-state index is -0.855. The van der Waals surface area contributed by atoms with Crippen LogP contribution in [0.2, 0.25) is 0 Å². The fourth-order valence-electron chi connectivity index (χ4n) is 4.92. The van der Waals surface area contributed by atoms with Gasteiger partial charge in [0.25, 0.3) is 0 Å². The summed E-state index contributed by atoms with van der Waals surface area (Å²) in [6.45, 7) is 4.84. The molecule has 33 heavy (non-hydrogen) atoms. The molecule has 1 aliphatic heterocycles. The fraction of sp³-hybridized carbons (Fsp3) is 0.423. The number of fused-ring (bicyclic) bond motifs is 3. The van der Waals surface area contributed by atoms with E-state index < -0.39 is 18.1 Å². The van der Waals surface area contributed by atoms with Crippen LogP contribution in [-0.4, -0.2) is 53.7 Å². The maximum atomic E-state index is 13.0. The Balaban J connectivity index is 1.38. The number of alkyl carbamates (subject to hydrolysis) is 1. The van der Waals surface area contributed by atoms with Gasteiger partial charge in [0, 0.05) is 25.4 Å². The van der Waals surface area contributed by atoms with E-state index in [9.17, 15) is 14.4 Å². The van der Waals surface area contributed by atoms with Gasteiger partial charge < -0.3 is 20.1 Å². The molecule has 0 saturated carbocycles. The van der Waals surface area contributed by atoms with E-state index in [1.165, 1.54) is 0 Å². The lowest BCUT2D eigenvalue weighted by atomic mass is 9.98. The first-order valence-electron chi connectivity index (χ1n) is 11.5. The Hall–Kier alpha value is -3.35. The van der Waals surface area contributed by atoms with E-state index in [2.05, 4.69) is 29.6 Å². The van der Waals surface area contributed by atoms with Gasteiger partial charge in [0.1, 0.15) is 12.6 Å². The van der Waals surface area contributed by atoms with Crippen LogP contribution in [0.3, 0.4) is 0 Å². The average molecular weight is 451 g/mol. The Kier molecular flexibility index (Phi) is 6.67. The van der Waals surface area contributed by atoms with E-state index in [4.69, 9.17) is 9.84 Å². The summed E-state index contributed by atoms with van der Waals surface area (Å²) in [4.78, 5) is 38.4. The third-order valence-electron chi connectivity index (χ3n) is 6.61. The summed E-state index contributed by atoms with van der Waals surface area (Å²) < 4.78 is 5.61. The monoisotopic (exact) mass is 450 g/mol. The molecule has 174 valence electrons. The second-order valence-electron chi connectivity index (χ2n) is 9.23. The van der Waals surface area contributed by atoms with Gasteiger partial charge in [-0.1, -0.05) is 62.4 Å². The van der Waals surface area contributed by atoms with Gasteiger partial charge in [0.15, 0.2) is 0 Å². The lowest BCUT2D eigenvalue weighted by Crippen LogP contribution is -2.51. The van der Waals surface area contributed by atoms with Crippen molar-refractivity contribution in [1.29, 1.82) is 0 Å². The van der Waals surface area contributed by atoms with Crippen LogP contribution in [0.25, 0.3) is 11.1 Å². The Morgan fingerprint density at radius 3 is 2.24 bits per heavy atom. The van der Waals surface area contributed by atoms with Crippen LogP contribution in [-0.2, 0) is 14.3 Å². The number of aliphatic carboxylic acids is 1. The molecule has 7 heteroatoms. The van der Waals surface area contributed by atoms with Crippen molar-refractivity contribution < 1.29 is 24.2 Å². The van der Waals surface area contributed by atoms with Crippen molar-refractivity contribution >= 4 is 18.0 Å². The highest BCUT2D eigenvalue weighted by Crippen LogP contribution is 2.44. The first-order valence-corrected chi connectivity index (χ1v) is 11.5. The molecule has 0 spiro atoms. The summed E-state index contributed by atoms with van der Waals surface area (Å²) in [6.07, 6.45) is 0.0918. The topological polar surface area (TPSA) is 95.9 Å². The minimum absolute atomic E-state index is 0.0475. The van der Waals surface area contributed by atoms with E-state index in [0.29, 0.717) is 19.5 Å². The first-order chi connectivity index (χ1) is 15.8. The van der Waals surface area contributed by atoms with Crippen molar-refractivity contribution in [2.75, 3.05) is 19.7 Å². The van der Waals surface area contributed by atoms with E-state index in [1.807, 2.05) is 38.1 Å². The lowest BCUT2D eigenvalue weighted by molar-refractivity contribution is -0.138. The molecule has 0 bridgehead atoms. The van der Waals surface area contributed by atoms with Crippen molar-refractivity contribution in [1.82, 2.24) is 10.2 Å². The minimum Gasteiger partial charge on any atom is -0.481 e. The number of hydrogen-bond donors (Lipinski definition) is 2. The second-order valence-corrected chi connectivity index (χ2v) is 9.23. The Morgan fingerprint density at radius 1 is 1.06 bits per heavy atom. The standard InChI is InChI=1S/C26H30N2O5/c1-16(2)24(25(31)28-12-11-17(14-28)13-23(29)30)27-26(32)33-15-22-20-9-5-3-7-18(20)19-8-4-6-10-21(19)22/h3-10,16-17,22,24H,11-15H2,1-2H3,(H,27,32)(H,29,30)/t17?,24-/m0/s1. The Morgan fingerprint density at radius 2 is 1.67 bits per heavy atom. The van der Waals surface area contributed by atoms with Crippen LogP contribution in [0, 0.1) is 11.8 Å². The molecule has 7 nitrogen and oxygen atoms in total. The predicted molar refractivity (Wildman–Crippen MR) is 124 cm³/mol. The zero-order valence-electron chi connectivity index (χ0n) is 19.0. The molecule has 0 radical (unpaired) electrons. The molecule has 2 aromatic carbocycles. The molecular formula is C26H30N2O5. The van der Waals surface area contributed by atoms with Crippen LogP contribution in [0.5, 0.6) is 0 Å². The molecule has 2 atom stereocenters. The van der Waals surface area contributed by atoms with Gasteiger partial charge in [-0.2, -0.15) is 0 Å². The smallest absolute Gasteiger partial charge is 0.407 e. The molecule has 1 heterocycles. The molecule has 1 fully saturated rings. The number of nitrogens with one attached hydrogen (secondary N) is 1. The van der Waals surface area contributed by atoms with E-state index in [0.717, 1.165) is 22.3 Å². The van der Waals surface area contributed by atoms with Crippen LogP contribution < -0.4 is 5.32 Å². The summed E-state index contributed by atoms with van der Waals surface area (Å²) in [6, 6.07) is 15.5. The zero-order valence-corrected chi connectivity index (χ0v) is 19.0. The van der Waals surface area contributed by atoms with Crippen molar-refractivity contribution in [3.05, 3.63) is 59.7 Å². The van der Waals surface area contributed by atoms with Crippen LogP contribution in [0.15, 0.2) is 48.5 Å². The summed E-state index contributed by atoms with van der Waals surface area (Å²) in [5, 5.41) is 11.8. The second kappa shape index (κ2) is 9.65. The number of nitrogens with zero attached hydrogens (tertiary/aromatic N) is 1. The molecule has 1 aliphatic carbocycles. The van der Waals surface area contributed by atoms with Crippen LogP contribution in [0.4, 0.5) is 4.79 Å². The quantitative estimate of drug-likeness (QED) is 0.668. The fourth-order valence-corrected chi connectivity index (χ4v) is 4.92. The summed E-state index contributed by atoms with van der Waals surface area (Å²) in [7, 11) is 0. The van der Waals surface area contributed by atoms with E-state index >= 15 is 0 Å².